The van der Waals surface area contributed by atoms with Crippen LogP contribution in [0.5, 0.6) is 0 Å². The molecule has 0 spiro atoms. The first-order chi connectivity index (χ1) is 18.4. The lowest BCUT2D eigenvalue weighted by molar-refractivity contribution is 0.365. The summed E-state index contributed by atoms with van der Waals surface area (Å²) in [6.45, 7) is 9.22. The van der Waals surface area contributed by atoms with Gasteiger partial charge in [-0.15, -0.1) is 0 Å². The Morgan fingerprint density at radius 1 is 1.29 bits per heavy atom. The quantitative estimate of drug-likeness (QED) is 0.309. The van der Waals surface area contributed by atoms with Gasteiger partial charge in [-0.2, -0.15) is 0 Å². The number of fused-ring (bicyclic) bond motifs is 1. The van der Waals surface area contributed by atoms with E-state index in [9.17, 15) is 4.39 Å². The number of anilines is 1. The van der Waals surface area contributed by atoms with Crippen molar-refractivity contribution in [3.8, 4) is 11.3 Å². The number of hydrogen-bond donors (Lipinski definition) is 0. The van der Waals surface area contributed by atoms with E-state index in [-0.39, 0.29) is 6.04 Å². The van der Waals surface area contributed by atoms with Gasteiger partial charge in [0.05, 0.1) is 24.0 Å². The molecule has 2 unspecified atom stereocenters. The first-order valence-corrected chi connectivity index (χ1v) is 13.8. The fourth-order valence-corrected chi connectivity index (χ4v) is 5.35. The number of benzene rings is 1. The number of aromatic nitrogens is 1. The van der Waals surface area contributed by atoms with Crippen molar-refractivity contribution in [2.24, 2.45) is 9.98 Å². The zero-order valence-corrected chi connectivity index (χ0v) is 23.5. The lowest BCUT2D eigenvalue weighted by Crippen LogP contribution is -2.38. The van der Waals surface area contributed by atoms with Crippen LogP contribution in [0.3, 0.4) is 0 Å². The molecule has 3 heterocycles. The summed E-state index contributed by atoms with van der Waals surface area (Å²) in [6, 6.07) is 14.8. The summed E-state index contributed by atoms with van der Waals surface area (Å²) in [5.41, 5.74) is 6.40. The molecule has 38 heavy (non-hydrogen) atoms. The molecule has 0 radical (unpaired) electrons. The molecule has 2 aliphatic heterocycles. The van der Waals surface area contributed by atoms with Gasteiger partial charge < -0.3 is 9.80 Å². The Balaban J connectivity index is 1.61. The molecule has 2 atom stereocenters. The third-order valence-electron chi connectivity index (χ3n) is 6.80. The largest absolute Gasteiger partial charge is 0.369 e. The molecule has 7 heteroatoms. The molecule has 1 fully saturated rings. The number of aliphatic imine (C=N–C) groups is 2. The minimum Gasteiger partial charge on any atom is -0.369 e. The van der Waals surface area contributed by atoms with Gasteiger partial charge in [0.2, 0.25) is 0 Å². The molecule has 1 aromatic heterocycles. The molecular weight excluding hydrogens is 493 g/mol. The number of amidine groups is 1. The Kier molecular flexibility index (Phi) is 9.34. The van der Waals surface area contributed by atoms with E-state index in [0.29, 0.717) is 13.0 Å². The molecule has 1 aromatic carbocycles. The summed E-state index contributed by atoms with van der Waals surface area (Å²) in [5, 5.41) is 2.03. The average molecular weight is 530 g/mol. The van der Waals surface area contributed by atoms with Crippen LogP contribution >= 0.6 is 11.8 Å². The van der Waals surface area contributed by atoms with E-state index in [2.05, 4.69) is 57.7 Å². The molecular formula is C31H36FN5S. The zero-order chi connectivity index (χ0) is 27.1. The summed E-state index contributed by atoms with van der Waals surface area (Å²) in [4.78, 5) is 19.5. The summed E-state index contributed by atoms with van der Waals surface area (Å²) < 4.78 is 13.4. The van der Waals surface area contributed by atoms with E-state index in [1.165, 1.54) is 5.70 Å². The predicted octanol–water partition coefficient (Wildman–Crippen LogP) is 7.08. The van der Waals surface area contributed by atoms with Crippen LogP contribution < -0.4 is 4.90 Å². The maximum absolute atomic E-state index is 13.4. The van der Waals surface area contributed by atoms with E-state index in [1.54, 1.807) is 25.7 Å². The molecule has 0 bridgehead atoms. The van der Waals surface area contributed by atoms with Crippen LogP contribution in [0, 0.1) is 0 Å². The average Bonchev–Trinajstić information content (AvgIpc) is 3.39. The van der Waals surface area contributed by atoms with Gasteiger partial charge in [0.15, 0.2) is 0 Å². The normalized spacial score (nSPS) is 18.8. The molecule has 2 aliphatic rings. The summed E-state index contributed by atoms with van der Waals surface area (Å²) >= 11 is 1.59. The van der Waals surface area contributed by atoms with Crippen molar-refractivity contribution in [2.75, 3.05) is 32.1 Å². The highest BCUT2D eigenvalue weighted by Crippen LogP contribution is 2.36. The van der Waals surface area contributed by atoms with E-state index in [0.717, 1.165) is 51.9 Å². The van der Waals surface area contributed by atoms with Crippen molar-refractivity contribution in [2.45, 2.75) is 38.9 Å². The molecule has 2 aromatic rings. The van der Waals surface area contributed by atoms with Gasteiger partial charge in [0.25, 0.3) is 0 Å². The highest BCUT2D eigenvalue weighted by molar-refractivity contribution is 8.06. The fourth-order valence-electron chi connectivity index (χ4n) is 4.77. The van der Waals surface area contributed by atoms with Gasteiger partial charge in [-0.3, -0.25) is 15.0 Å². The van der Waals surface area contributed by atoms with Crippen LogP contribution in [0.25, 0.3) is 11.3 Å². The Labute approximate surface area is 230 Å². The van der Waals surface area contributed by atoms with Crippen LogP contribution in [0.4, 0.5) is 10.1 Å². The van der Waals surface area contributed by atoms with E-state index >= 15 is 0 Å². The van der Waals surface area contributed by atoms with Crippen molar-refractivity contribution >= 4 is 29.0 Å². The number of likely N-dealkylation sites (N-methyl/N-ethyl adjacent to an activating group) is 1. The molecule has 5 nitrogen and oxygen atoms in total. The maximum Gasteiger partial charge on any atom is 0.141 e. The second kappa shape index (κ2) is 12.9. The smallest absolute Gasteiger partial charge is 0.141 e. The Bertz CT molecular complexity index is 1280. The number of allylic oxidation sites excluding steroid dienone is 3. The van der Waals surface area contributed by atoms with Crippen molar-refractivity contribution < 1.29 is 4.39 Å². The molecule has 0 aliphatic carbocycles. The number of pyridine rings is 1. The van der Waals surface area contributed by atoms with Crippen molar-refractivity contribution in [1.29, 1.82) is 0 Å². The van der Waals surface area contributed by atoms with Gasteiger partial charge in [-0.1, -0.05) is 48.7 Å². The van der Waals surface area contributed by atoms with Crippen molar-refractivity contribution in [1.82, 2.24) is 9.88 Å². The molecule has 0 saturated carbocycles. The third kappa shape index (κ3) is 6.33. The zero-order valence-electron chi connectivity index (χ0n) is 22.6. The van der Waals surface area contributed by atoms with Gasteiger partial charge in [-0.25, -0.2) is 4.39 Å². The number of rotatable bonds is 10. The highest BCUT2D eigenvalue weighted by atomic mass is 32.2. The molecule has 0 N–H and O–H groups in total. The maximum atomic E-state index is 13.4. The predicted molar refractivity (Wildman–Crippen MR) is 162 cm³/mol. The first-order valence-electron chi connectivity index (χ1n) is 13.0. The third-order valence-corrected chi connectivity index (χ3v) is 7.68. The lowest BCUT2D eigenvalue weighted by atomic mass is 10.0. The van der Waals surface area contributed by atoms with Crippen LogP contribution in [0.15, 0.2) is 105 Å². The Morgan fingerprint density at radius 3 is 2.74 bits per heavy atom. The Morgan fingerprint density at radius 2 is 2.08 bits per heavy atom. The SMILES string of the molecule is C=C(S/C=C\C)C1=NCC(C(/C=C\CC(C)F)=NC)=C2CC(N(C)c3ccc(-c4ccccn4)cc3)CN12. The lowest BCUT2D eigenvalue weighted by Gasteiger charge is -2.30. The number of alkyl halides is 1. The van der Waals surface area contributed by atoms with Gasteiger partial charge >= 0.3 is 0 Å². The van der Waals surface area contributed by atoms with Crippen molar-refractivity contribution in [3.63, 3.8) is 0 Å². The van der Waals surface area contributed by atoms with E-state index in [4.69, 9.17) is 4.99 Å². The van der Waals surface area contributed by atoms with Gasteiger partial charge in [0, 0.05) is 60.7 Å². The van der Waals surface area contributed by atoms with Gasteiger partial charge in [0.1, 0.15) is 12.0 Å². The van der Waals surface area contributed by atoms with Crippen LogP contribution in [0.1, 0.15) is 26.7 Å². The second-order valence-corrected chi connectivity index (χ2v) is 10.4. The molecule has 1 saturated heterocycles. The molecule has 4 rings (SSSR count). The summed E-state index contributed by atoms with van der Waals surface area (Å²) in [5.74, 6) is 0.921. The number of nitrogens with zero attached hydrogens (tertiary/aromatic N) is 5. The van der Waals surface area contributed by atoms with Crippen LogP contribution in [0.2, 0.25) is 0 Å². The standard InChI is InChI=1S/C31H36FN5S/c1-6-18-38-23(3)31-35-20-27(29(33-4)12-9-10-22(2)32)30-19-26(21-37(30)31)36(5)25-15-13-24(14-16-25)28-11-7-8-17-34-28/h6-9,11-18,22,26H,3,10,19-21H2,1-2,4-5H3/b12-9-,18-6-,33-29?. The minimum absolute atomic E-state index is 0.247. The van der Waals surface area contributed by atoms with Gasteiger partial charge in [-0.05, 0) is 56.0 Å². The number of thioether (sulfide) groups is 1. The number of halogens is 1. The molecule has 198 valence electrons. The molecule has 0 amide bonds. The summed E-state index contributed by atoms with van der Waals surface area (Å²) in [7, 11) is 3.94. The fraction of sp³-hybridized carbons (Fsp3) is 0.323. The second-order valence-electron chi connectivity index (χ2n) is 9.44. The van der Waals surface area contributed by atoms with Crippen LogP contribution in [-0.2, 0) is 0 Å². The van der Waals surface area contributed by atoms with Crippen molar-refractivity contribution in [3.05, 3.63) is 95.1 Å². The monoisotopic (exact) mass is 529 g/mol. The van der Waals surface area contributed by atoms with Crippen LogP contribution in [-0.4, -0.2) is 60.8 Å². The van der Waals surface area contributed by atoms with E-state index < -0.39 is 6.17 Å². The topological polar surface area (TPSA) is 44.1 Å². The minimum atomic E-state index is -0.880. The summed E-state index contributed by atoms with van der Waals surface area (Å²) in [6.07, 6.45) is 7.99. The van der Waals surface area contributed by atoms with E-state index in [1.807, 2.05) is 55.0 Å². The number of hydrogen-bond acceptors (Lipinski definition) is 6. The highest BCUT2D eigenvalue weighted by Gasteiger charge is 2.37. The Hall–Kier alpha value is -3.45. The first kappa shape index (κ1) is 27.6.